The van der Waals surface area contributed by atoms with Crippen molar-refractivity contribution in [2.75, 3.05) is 6.61 Å². The van der Waals surface area contributed by atoms with Crippen LogP contribution in [0, 0.1) is 29.6 Å². The van der Waals surface area contributed by atoms with Gasteiger partial charge < -0.3 is 4.74 Å². The van der Waals surface area contributed by atoms with Crippen molar-refractivity contribution in [3.05, 3.63) is 12.2 Å². The summed E-state index contributed by atoms with van der Waals surface area (Å²) in [5.41, 5.74) is 0. The summed E-state index contributed by atoms with van der Waals surface area (Å²) in [5, 5.41) is 0. The van der Waals surface area contributed by atoms with E-state index in [0.717, 1.165) is 30.3 Å². The Morgan fingerprint density at radius 2 is 1.37 bits per heavy atom. The summed E-state index contributed by atoms with van der Waals surface area (Å²) in [6.07, 6.45) is 27.0. The minimum absolute atomic E-state index is 0.575. The molecule has 1 heteroatoms. The van der Waals surface area contributed by atoms with E-state index in [-0.39, 0.29) is 0 Å². The molecule has 1 nitrogen and oxygen atoms in total. The highest BCUT2D eigenvalue weighted by atomic mass is 16.5. The lowest BCUT2D eigenvalue weighted by atomic mass is 9.76. The van der Waals surface area contributed by atoms with Gasteiger partial charge in [-0.05, 0) is 75.0 Å². The van der Waals surface area contributed by atoms with Crippen molar-refractivity contribution in [3.63, 3.8) is 0 Å². The van der Waals surface area contributed by atoms with E-state index >= 15 is 0 Å². The van der Waals surface area contributed by atoms with Crippen LogP contribution in [0.3, 0.4) is 0 Å². The maximum absolute atomic E-state index is 6.36. The normalized spacial score (nSPS) is 38.3. The third-order valence-corrected chi connectivity index (χ3v) is 8.10. The number of ether oxygens (including phenoxy) is 1. The van der Waals surface area contributed by atoms with Crippen LogP contribution in [-0.2, 0) is 4.74 Å². The average Bonchev–Trinajstić information content (AvgIpc) is 2.74. The van der Waals surface area contributed by atoms with Gasteiger partial charge in [0.05, 0.1) is 12.7 Å². The molecule has 0 radical (unpaired) electrons. The minimum Gasteiger partial charge on any atom is -0.377 e. The largest absolute Gasteiger partial charge is 0.377 e. The van der Waals surface area contributed by atoms with Gasteiger partial charge in [0.2, 0.25) is 0 Å². The van der Waals surface area contributed by atoms with Gasteiger partial charge in [-0.3, -0.25) is 0 Å². The van der Waals surface area contributed by atoms with E-state index in [1.165, 1.54) is 96.3 Å². The second-order valence-corrected chi connectivity index (χ2v) is 10.1. The number of rotatable bonds is 8. The molecule has 2 atom stereocenters. The van der Waals surface area contributed by atoms with Crippen LogP contribution >= 0.6 is 0 Å². The smallest absolute Gasteiger partial charge is 0.0603 e. The van der Waals surface area contributed by atoms with Crippen molar-refractivity contribution < 1.29 is 4.74 Å². The van der Waals surface area contributed by atoms with Gasteiger partial charge in [0.15, 0.2) is 0 Å². The molecule has 2 saturated carbocycles. The first kappa shape index (κ1) is 21.4. The quantitative estimate of drug-likeness (QED) is 0.309. The van der Waals surface area contributed by atoms with Crippen LogP contribution in [0.5, 0.6) is 0 Å². The summed E-state index contributed by atoms with van der Waals surface area (Å²) in [6, 6.07) is 0. The predicted octanol–water partition coefficient (Wildman–Crippen LogP) is 7.94. The molecule has 27 heavy (non-hydrogen) atoms. The molecule has 1 aliphatic heterocycles. The molecule has 3 aliphatic rings. The van der Waals surface area contributed by atoms with E-state index in [0.29, 0.717) is 12.0 Å². The Labute approximate surface area is 169 Å². The molecule has 0 aromatic rings. The number of hydrogen-bond acceptors (Lipinski definition) is 1. The number of allylic oxidation sites excluding steroid dienone is 1. The van der Waals surface area contributed by atoms with Crippen molar-refractivity contribution in [3.8, 4) is 0 Å². The fourth-order valence-corrected chi connectivity index (χ4v) is 5.95. The van der Waals surface area contributed by atoms with Crippen molar-refractivity contribution in [2.45, 2.75) is 116 Å². The number of hydrogen-bond donors (Lipinski definition) is 0. The zero-order chi connectivity index (χ0) is 18.9. The standard InChI is InChI=1S/C26H46O/c1-3-5-6-7-22-8-10-23(11-9-22)12-13-24-16-19-26(27-20-24)25-17-14-21(4-2)15-18-25/h12-13,21-26H,3-11,14-20H2,1-2H3/b13-12+. The Hall–Kier alpha value is -0.300. The SMILES string of the molecule is CCCCCC1CCC(/C=C/C2CCC(C3CCC(CC)CC3)OC2)CC1. The molecule has 0 spiro atoms. The van der Waals surface area contributed by atoms with E-state index < -0.39 is 0 Å². The van der Waals surface area contributed by atoms with Gasteiger partial charge in [0.1, 0.15) is 0 Å². The van der Waals surface area contributed by atoms with E-state index in [2.05, 4.69) is 26.0 Å². The lowest BCUT2D eigenvalue weighted by molar-refractivity contribution is -0.0492. The molecule has 0 N–H and O–H groups in total. The van der Waals surface area contributed by atoms with Crippen molar-refractivity contribution >= 4 is 0 Å². The van der Waals surface area contributed by atoms with Gasteiger partial charge in [-0.2, -0.15) is 0 Å². The molecule has 0 bridgehead atoms. The summed E-state index contributed by atoms with van der Waals surface area (Å²) in [6.45, 7) is 5.66. The Kier molecular flexibility index (Phi) is 9.23. The van der Waals surface area contributed by atoms with Gasteiger partial charge in [0, 0.05) is 5.92 Å². The Morgan fingerprint density at radius 1 is 0.704 bits per heavy atom. The minimum atomic E-state index is 0.575. The Balaban J connectivity index is 1.30. The Bertz CT molecular complexity index is 404. The number of unbranched alkanes of at least 4 members (excludes halogenated alkanes) is 2. The summed E-state index contributed by atoms with van der Waals surface area (Å²) < 4.78 is 6.36. The molecular weight excluding hydrogens is 328 g/mol. The van der Waals surface area contributed by atoms with E-state index in [1.54, 1.807) is 0 Å². The fraction of sp³-hybridized carbons (Fsp3) is 0.923. The van der Waals surface area contributed by atoms with Crippen LogP contribution in [0.25, 0.3) is 0 Å². The van der Waals surface area contributed by atoms with Crippen molar-refractivity contribution in [1.29, 1.82) is 0 Å². The molecule has 156 valence electrons. The molecule has 0 aromatic carbocycles. The summed E-state index contributed by atoms with van der Waals surface area (Å²) in [7, 11) is 0. The second kappa shape index (κ2) is 11.6. The first-order chi connectivity index (χ1) is 13.3. The highest BCUT2D eigenvalue weighted by Gasteiger charge is 2.30. The lowest BCUT2D eigenvalue weighted by Gasteiger charge is -2.37. The molecular formula is C26H46O. The maximum atomic E-state index is 6.36. The molecule has 0 aromatic heterocycles. The zero-order valence-electron chi connectivity index (χ0n) is 18.3. The Morgan fingerprint density at radius 3 is 2.00 bits per heavy atom. The van der Waals surface area contributed by atoms with Crippen LogP contribution in [0.1, 0.15) is 110 Å². The summed E-state index contributed by atoms with van der Waals surface area (Å²) in [5.74, 6) is 4.44. The highest BCUT2D eigenvalue weighted by molar-refractivity contribution is 4.96. The third-order valence-electron chi connectivity index (χ3n) is 8.10. The maximum Gasteiger partial charge on any atom is 0.0603 e. The van der Waals surface area contributed by atoms with Crippen LogP contribution in [-0.4, -0.2) is 12.7 Å². The van der Waals surface area contributed by atoms with Crippen LogP contribution < -0.4 is 0 Å². The molecule has 1 heterocycles. The molecule has 2 aliphatic carbocycles. The van der Waals surface area contributed by atoms with Gasteiger partial charge in [0.25, 0.3) is 0 Å². The summed E-state index contributed by atoms with van der Waals surface area (Å²) >= 11 is 0. The molecule has 3 fully saturated rings. The molecule has 2 unspecified atom stereocenters. The van der Waals surface area contributed by atoms with Crippen LogP contribution in [0.2, 0.25) is 0 Å². The van der Waals surface area contributed by atoms with Gasteiger partial charge >= 0.3 is 0 Å². The van der Waals surface area contributed by atoms with Crippen molar-refractivity contribution in [2.24, 2.45) is 29.6 Å². The fourth-order valence-electron chi connectivity index (χ4n) is 5.95. The summed E-state index contributed by atoms with van der Waals surface area (Å²) in [4.78, 5) is 0. The van der Waals surface area contributed by atoms with Gasteiger partial charge in [-0.15, -0.1) is 0 Å². The van der Waals surface area contributed by atoms with Gasteiger partial charge in [-0.1, -0.05) is 70.9 Å². The van der Waals surface area contributed by atoms with Crippen LogP contribution in [0.15, 0.2) is 12.2 Å². The first-order valence-corrected chi connectivity index (χ1v) is 12.6. The molecule has 0 amide bonds. The van der Waals surface area contributed by atoms with Crippen LogP contribution in [0.4, 0.5) is 0 Å². The molecule has 3 rings (SSSR count). The lowest BCUT2D eigenvalue weighted by Crippen LogP contribution is -2.33. The van der Waals surface area contributed by atoms with Crippen molar-refractivity contribution in [1.82, 2.24) is 0 Å². The van der Waals surface area contributed by atoms with E-state index in [9.17, 15) is 0 Å². The first-order valence-electron chi connectivity index (χ1n) is 12.6. The van der Waals surface area contributed by atoms with E-state index in [4.69, 9.17) is 4.74 Å². The highest BCUT2D eigenvalue weighted by Crippen LogP contribution is 2.37. The third kappa shape index (κ3) is 6.91. The van der Waals surface area contributed by atoms with E-state index in [1.807, 2.05) is 0 Å². The van der Waals surface area contributed by atoms with Gasteiger partial charge in [-0.25, -0.2) is 0 Å². The zero-order valence-corrected chi connectivity index (χ0v) is 18.3. The second-order valence-electron chi connectivity index (χ2n) is 10.1. The molecule has 1 saturated heterocycles. The monoisotopic (exact) mass is 374 g/mol. The predicted molar refractivity (Wildman–Crippen MR) is 117 cm³/mol. The topological polar surface area (TPSA) is 9.23 Å². The average molecular weight is 375 g/mol.